The second-order valence-electron chi connectivity index (χ2n) is 9.17. The van der Waals surface area contributed by atoms with Gasteiger partial charge in [0, 0.05) is 25.4 Å². The lowest BCUT2D eigenvalue weighted by Crippen LogP contribution is -2.57. The highest BCUT2D eigenvalue weighted by molar-refractivity contribution is 5.98. The summed E-state index contributed by atoms with van der Waals surface area (Å²) in [6.07, 6.45) is -0.114. The number of cyclic esters (lactones) is 1. The van der Waals surface area contributed by atoms with Crippen LogP contribution in [0.4, 0.5) is 4.79 Å². The van der Waals surface area contributed by atoms with Crippen LogP contribution < -0.4 is 5.32 Å². The highest BCUT2D eigenvalue weighted by atomic mass is 16.6. The Labute approximate surface area is 178 Å². The van der Waals surface area contributed by atoms with Gasteiger partial charge in [-0.15, -0.1) is 0 Å². The fourth-order valence-electron chi connectivity index (χ4n) is 4.68. The number of fused-ring (bicyclic) bond motifs is 1. The lowest BCUT2D eigenvalue weighted by atomic mass is 9.75. The molecule has 30 heavy (non-hydrogen) atoms. The molecule has 170 valence electrons. The van der Waals surface area contributed by atoms with Crippen LogP contribution in [-0.2, 0) is 28.6 Å². The summed E-state index contributed by atoms with van der Waals surface area (Å²) < 4.78 is 16.9. The van der Waals surface area contributed by atoms with Crippen molar-refractivity contribution in [1.82, 2.24) is 5.32 Å². The molecule has 0 saturated carbocycles. The molecule has 0 aromatic rings. The summed E-state index contributed by atoms with van der Waals surface area (Å²) in [5, 5.41) is 2.74. The normalized spacial score (nSPS) is 41.4. The number of carbonyl (C=O) groups is 4. The molecule has 0 bridgehead atoms. The van der Waals surface area contributed by atoms with Crippen LogP contribution in [0.3, 0.4) is 0 Å². The molecule has 2 fully saturated rings. The summed E-state index contributed by atoms with van der Waals surface area (Å²) in [5.41, 5.74) is -1.92. The monoisotopic (exact) mass is 425 g/mol. The first kappa shape index (κ1) is 24.3. The van der Waals surface area contributed by atoms with Gasteiger partial charge in [0.25, 0.3) is 0 Å². The fraction of sp³-hybridized carbons (Fsp3) is 0.818. The van der Waals surface area contributed by atoms with Crippen molar-refractivity contribution < 1.29 is 33.4 Å². The zero-order valence-electron chi connectivity index (χ0n) is 19.1. The quantitative estimate of drug-likeness (QED) is 0.535. The lowest BCUT2D eigenvalue weighted by Gasteiger charge is -2.39. The number of ether oxygens (including phenoxy) is 3. The largest absolute Gasteiger partial charge is 0.458 e. The van der Waals surface area contributed by atoms with Crippen LogP contribution in [0.15, 0.2) is 0 Å². The third-order valence-corrected chi connectivity index (χ3v) is 6.87. The summed E-state index contributed by atoms with van der Waals surface area (Å²) in [5.74, 6) is -2.80. The highest BCUT2D eigenvalue weighted by Gasteiger charge is 2.56. The fourth-order valence-corrected chi connectivity index (χ4v) is 4.68. The first-order valence-electron chi connectivity index (χ1n) is 10.7. The Balaban J connectivity index is 2.47. The second-order valence-corrected chi connectivity index (χ2v) is 9.17. The number of hydrogen-bond donors (Lipinski definition) is 1. The molecule has 2 saturated heterocycles. The van der Waals surface area contributed by atoms with Gasteiger partial charge in [0.2, 0.25) is 0 Å². The van der Waals surface area contributed by atoms with Crippen LogP contribution in [-0.4, -0.2) is 54.1 Å². The predicted octanol–water partition coefficient (Wildman–Crippen LogP) is 2.81. The van der Waals surface area contributed by atoms with Crippen molar-refractivity contribution in [3.63, 3.8) is 0 Å². The topological polar surface area (TPSA) is 108 Å². The van der Waals surface area contributed by atoms with E-state index in [0.29, 0.717) is 19.3 Å². The maximum absolute atomic E-state index is 13.2. The predicted molar refractivity (Wildman–Crippen MR) is 109 cm³/mol. The Bertz CT molecular complexity index is 708. The molecule has 1 amide bonds. The van der Waals surface area contributed by atoms with Crippen LogP contribution in [0.5, 0.6) is 0 Å². The number of Topliss-reactive ketones (excluding diaryl/α,β-unsaturated/α-hetero) is 2. The average Bonchev–Trinajstić information content (AvgIpc) is 3.02. The van der Waals surface area contributed by atoms with E-state index in [2.05, 4.69) is 5.32 Å². The summed E-state index contributed by atoms with van der Waals surface area (Å²) in [6, 6.07) is -0.666. The van der Waals surface area contributed by atoms with Crippen molar-refractivity contribution in [1.29, 1.82) is 0 Å². The van der Waals surface area contributed by atoms with E-state index in [0.717, 1.165) is 0 Å². The van der Waals surface area contributed by atoms with E-state index in [-0.39, 0.29) is 23.9 Å². The van der Waals surface area contributed by atoms with Gasteiger partial charge < -0.3 is 19.5 Å². The molecule has 2 aliphatic rings. The maximum atomic E-state index is 13.2. The molecule has 8 heteroatoms. The lowest BCUT2D eigenvalue weighted by molar-refractivity contribution is -0.170. The van der Waals surface area contributed by atoms with Crippen molar-refractivity contribution in [3.8, 4) is 0 Å². The zero-order chi connectivity index (χ0) is 22.9. The van der Waals surface area contributed by atoms with Gasteiger partial charge in [0.15, 0.2) is 5.60 Å². The van der Waals surface area contributed by atoms with Gasteiger partial charge in [0.1, 0.15) is 23.6 Å². The van der Waals surface area contributed by atoms with E-state index in [1.165, 1.54) is 6.92 Å². The van der Waals surface area contributed by atoms with Gasteiger partial charge in [-0.2, -0.15) is 0 Å². The molecule has 0 radical (unpaired) electrons. The molecule has 0 aliphatic carbocycles. The molecular formula is C22H35NO7. The van der Waals surface area contributed by atoms with E-state index in [1.54, 1.807) is 27.9 Å². The second kappa shape index (κ2) is 9.04. The smallest absolute Gasteiger partial charge is 0.408 e. The van der Waals surface area contributed by atoms with Crippen molar-refractivity contribution in [2.75, 3.05) is 7.11 Å². The molecule has 8 nitrogen and oxygen atoms in total. The molecule has 3 unspecified atom stereocenters. The Morgan fingerprint density at radius 3 is 2.33 bits per heavy atom. The third kappa shape index (κ3) is 4.68. The molecule has 0 spiro atoms. The number of nitrogens with one attached hydrogen (secondary N) is 1. The molecule has 7 atom stereocenters. The number of ketones is 2. The van der Waals surface area contributed by atoms with Crippen LogP contribution in [0.2, 0.25) is 0 Å². The number of rotatable bonds is 2. The molecule has 0 aromatic heterocycles. The highest BCUT2D eigenvalue weighted by Crippen LogP contribution is 2.37. The van der Waals surface area contributed by atoms with E-state index in [1.807, 2.05) is 13.8 Å². The molecule has 2 rings (SSSR count). The molecule has 2 aliphatic heterocycles. The Hall–Kier alpha value is -1.96. The van der Waals surface area contributed by atoms with E-state index < -0.39 is 47.2 Å². The van der Waals surface area contributed by atoms with Crippen molar-refractivity contribution >= 4 is 23.6 Å². The number of methoxy groups -OCH3 is 1. The minimum Gasteiger partial charge on any atom is -0.458 e. The van der Waals surface area contributed by atoms with Gasteiger partial charge in [-0.05, 0) is 40.0 Å². The van der Waals surface area contributed by atoms with Crippen LogP contribution in [0.1, 0.15) is 67.2 Å². The molecule has 0 aromatic carbocycles. The standard InChI is InChI=1S/C22H35NO7/c1-8-16-22(6)18(23-20(27)30-22)14(4)17(25)12(2)11-21(5,28-7)10-9-15(24)13(3)19(26)29-16/h12-14,16,18H,8-11H2,1-7H3,(H,23,27)/t12-,13?,14?,16-,18?,21+,22-/m1/s1. The van der Waals surface area contributed by atoms with Crippen LogP contribution in [0.25, 0.3) is 0 Å². The first-order chi connectivity index (χ1) is 13.9. The Morgan fingerprint density at radius 2 is 1.77 bits per heavy atom. The van der Waals surface area contributed by atoms with Crippen molar-refractivity contribution in [2.45, 2.75) is 90.6 Å². The minimum absolute atomic E-state index is 0.0433. The van der Waals surface area contributed by atoms with Crippen molar-refractivity contribution in [2.24, 2.45) is 17.8 Å². The average molecular weight is 426 g/mol. The summed E-state index contributed by atoms with van der Waals surface area (Å²) in [6.45, 7) is 10.5. The number of alkyl carbamates (subject to hydrolysis) is 1. The molecule has 2 heterocycles. The van der Waals surface area contributed by atoms with Gasteiger partial charge >= 0.3 is 12.1 Å². The maximum Gasteiger partial charge on any atom is 0.408 e. The number of esters is 1. The summed E-state index contributed by atoms with van der Waals surface area (Å²) in [7, 11) is 1.56. The number of hydrogen-bond acceptors (Lipinski definition) is 7. The minimum atomic E-state index is -1.23. The Kier molecular flexibility index (Phi) is 7.32. The summed E-state index contributed by atoms with van der Waals surface area (Å²) in [4.78, 5) is 50.7. The van der Waals surface area contributed by atoms with E-state index in [4.69, 9.17) is 14.2 Å². The van der Waals surface area contributed by atoms with Gasteiger partial charge in [-0.3, -0.25) is 14.4 Å². The number of carbonyl (C=O) groups excluding carboxylic acids is 4. The molecular weight excluding hydrogens is 390 g/mol. The first-order valence-corrected chi connectivity index (χ1v) is 10.7. The number of amides is 1. The van der Waals surface area contributed by atoms with Gasteiger partial charge in [-0.1, -0.05) is 20.8 Å². The van der Waals surface area contributed by atoms with Gasteiger partial charge in [0.05, 0.1) is 11.6 Å². The van der Waals surface area contributed by atoms with E-state index >= 15 is 0 Å². The van der Waals surface area contributed by atoms with Crippen molar-refractivity contribution in [3.05, 3.63) is 0 Å². The van der Waals surface area contributed by atoms with Gasteiger partial charge in [-0.25, -0.2) is 4.79 Å². The van der Waals surface area contributed by atoms with E-state index in [9.17, 15) is 19.2 Å². The zero-order valence-corrected chi connectivity index (χ0v) is 19.1. The Morgan fingerprint density at radius 1 is 1.13 bits per heavy atom. The van der Waals surface area contributed by atoms with Crippen LogP contribution in [0, 0.1) is 17.8 Å². The summed E-state index contributed by atoms with van der Waals surface area (Å²) >= 11 is 0. The third-order valence-electron chi connectivity index (χ3n) is 6.87. The van der Waals surface area contributed by atoms with Crippen LogP contribution >= 0.6 is 0 Å². The SMILES string of the molecule is CC[C@H]1OC(=O)C(C)C(=O)CC[C@](C)(OC)C[C@@H](C)C(=O)C(C)C2NC(=O)O[C@@]21C. The molecule has 1 N–H and O–H groups in total.